The Morgan fingerprint density at radius 2 is 1.77 bits per heavy atom. The quantitative estimate of drug-likeness (QED) is 0.659. The third-order valence-electron chi connectivity index (χ3n) is 5.03. The van der Waals surface area contributed by atoms with Crippen LogP contribution in [0.2, 0.25) is 5.02 Å². The first-order valence-electron chi connectivity index (χ1n) is 10.0. The highest BCUT2D eigenvalue weighted by molar-refractivity contribution is 6.31. The van der Waals surface area contributed by atoms with Crippen molar-refractivity contribution in [1.29, 1.82) is 0 Å². The Bertz CT molecular complexity index is 950. The molecular weight excluding hydrogens is 428 g/mol. The number of carbonyl (C=O) groups excluding carboxylic acids is 2. The van der Waals surface area contributed by atoms with Crippen LogP contribution in [0.25, 0.3) is 0 Å². The molecule has 1 N–H and O–H groups in total. The zero-order chi connectivity index (χ0) is 22.4. The second-order valence-corrected chi connectivity index (χ2v) is 7.70. The Hall–Kier alpha value is -2.87. The molecule has 0 bridgehead atoms. The average molecular weight is 452 g/mol. The van der Waals surface area contributed by atoms with Gasteiger partial charge in [-0.3, -0.25) is 4.79 Å². The lowest BCUT2D eigenvalue weighted by Gasteiger charge is -2.34. The molecule has 9 heteroatoms. The van der Waals surface area contributed by atoms with Gasteiger partial charge < -0.3 is 19.9 Å². The maximum atomic E-state index is 13.5. The lowest BCUT2D eigenvalue weighted by atomic mass is 10.2. The highest BCUT2D eigenvalue weighted by Crippen LogP contribution is 2.21. The van der Waals surface area contributed by atoms with Crippen molar-refractivity contribution >= 4 is 29.2 Å². The van der Waals surface area contributed by atoms with E-state index < -0.39 is 11.6 Å². The molecule has 0 spiro atoms. The van der Waals surface area contributed by atoms with Crippen LogP contribution >= 0.6 is 11.6 Å². The number of benzene rings is 2. The van der Waals surface area contributed by atoms with Crippen LogP contribution in [-0.2, 0) is 4.79 Å². The molecule has 166 valence electrons. The van der Waals surface area contributed by atoms with Crippen LogP contribution in [0.5, 0.6) is 5.75 Å². The molecule has 6 nitrogen and oxygen atoms in total. The molecule has 31 heavy (non-hydrogen) atoms. The molecule has 1 saturated heterocycles. The first-order valence-corrected chi connectivity index (χ1v) is 10.4. The number of aryl methyl sites for hydroxylation is 1. The fraction of sp³-hybridized carbons (Fsp3) is 0.364. The molecule has 1 aliphatic heterocycles. The van der Waals surface area contributed by atoms with Crippen molar-refractivity contribution in [3.8, 4) is 5.75 Å². The molecule has 0 aromatic heterocycles. The number of urea groups is 1. The van der Waals surface area contributed by atoms with Gasteiger partial charge in [-0.15, -0.1) is 0 Å². The molecule has 0 unspecified atom stereocenters. The Morgan fingerprint density at radius 1 is 1.06 bits per heavy atom. The number of piperazine rings is 1. The molecule has 2 aromatic carbocycles. The number of ether oxygens (including phenoxy) is 1. The summed E-state index contributed by atoms with van der Waals surface area (Å²) in [4.78, 5) is 28.2. The molecule has 1 aliphatic rings. The van der Waals surface area contributed by atoms with Gasteiger partial charge in [-0.05, 0) is 43.2 Å². The number of amides is 3. The van der Waals surface area contributed by atoms with Crippen molar-refractivity contribution in [2.24, 2.45) is 0 Å². The number of anilines is 1. The van der Waals surface area contributed by atoms with Crippen molar-refractivity contribution in [2.45, 2.75) is 19.8 Å². The van der Waals surface area contributed by atoms with Gasteiger partial charge in [-0.25, -0.2) is 13.6 Å². The minimum absolute atomic E-state index is 0.0386. The van der Waals surface area contributed by atoms with E-state index in [0.29, 0.717) is 43.3 Å². The predicted molar refractivity (Wildman–Crippen MR) is 114 cm³/mol. The van der Waals surface area contributed by atoms with E-state index >= 15 is 0 Å². The highest BCUT2D eigenvalue weighted by Gasteiger charge is 2.24. The molecule has 1 heterocycles. The third kappa shape index (κ3) is 6.30. The fourth-order valence-corrected chi connectivity index (χ4v) is 3.37. The summed E-state index contributed by atoms with van der Waals surface area (Å²) in [6, 6.07) is 8.19. The lowest BCUT2D eigenvalue weighted by molar-refractivity contribution is -0.132. The summed E-state index contributed by atoms with van der Waals surface area (Å²) < 4.78 is 31.7. The maximum Gasteiger partial charge on any atom is 0.321 e. The monoisotopic (exact) mass is 451 g/mol. The van der Waals surface area contributed by atoms with Gasteiger partial charge in [0.2, 0.25) is 5.91 Å². The van der Waals surface area contributed by atoms with Crippen LogP contribution in [0.1, 0.15) is 18.4 Å². The summed E-state index contributed by atoms with van der Waals surface area (Å²) in [6.07, 6.45) is 0.654. The molecule has 1 fully saturated rings. The number of nitrogens with zero attached hydrogens (tertiary/aromatic N) is 2. The number of halogens is 3. The van der Waals surface area contributed by atoms with Gasteiger partial charge in [0.15, 0.2) is 11.6 Å². The highest BCUT2D eigenvalue weighted by atomic mass is 35.5. The van der Waals surface area contributed by atoms with Crippen LogP contribution in [-0.4, -0.2) is 54.5 Å². The fourth-order valence-electron chi connectivity index (χ4n) is 3.19. The number of hydrogen-bond donors (Lipinski definition) is 1. The van der Waals surface area contributed by atoms with E-state index in [1.54, 1.807) is 21.9 Å². The summed E-state index contributed by atoms with van der Waals surface area (Å²) in [7, 11) is 0. The molecule has 0 radical (unpaired) electrons. The van der Waals surface area contributed by atoms with Gasteiger partial charge in [0.25, 0.3) is 0 Å². The van der Waals surface area contributed by atoms with Crippen LogP contribution in [0.15, 0.2) is 36.4 Å². The number of nitrogens with one attached hydrogen (secondary N) is 1. The van der Waals surface area contributed by atoms with Gasteiger partial charge in [0.05, 0.1) is 6.61 Å². The maximum absolute atomic E-state index is 13.5. The van der Waals surface area contributed by atoms with Gasteiger partial charge in [0, 0.05) is 49.4 Å². The van der Waals surface area contributed by atoms with Gasteiger partial charge in [0.1, 0.15) is 5.82 Å². The number of hydrogen-bond acceptors (Lipinski definition) is 3. The van der Waals surface area contributed by atoms with Crippen molar-refractivity contribution in [2.75, 3.05) is 38.1 Å². The van der Waals surface area contributed by atoms with E-state index in [4.69, 9.17) is 16.3 Å². The third-order valence-corrected chi connectivity index (χ3v) is 5.44. The molecule has 0 saturated carbocycles. The topological polar surface area (TPSA) is 61.9 Å². The summed E-state index contributed by atoms with van der Waals surface area (Å²) in [6.45, 7) is 3.76. The number of carbonyl (C=O) groups is 2. The SMILES string of the molecule is Cc1ccc(NC(=O)N2CCN(C(=O)CCCOc3ccc(F)cc3F)CC2)cc1Cl. The van der Waals surface area contributed by atoms with Crippen molar-refractivity contribution in [1.82, 2.24) is 9.80 Å². The lowest BCUT2D eigenvalue weighted by Crippen LogP contribution is -2.51. The number of rotatable bonds is 6. The van der Waals surface area contributed by atoms with Crippen LogP contribution in [0.3, 0.4) is 0 Å². The Morgan fingerprint density at radius 3 is 2.45 bits per heavy atom. The first kappa shape index (κ1) is 22.8. The van der Waals surface area contributed by atoms with Crippen molar-refractivity contribution in [3.05, 3.63) is 58.6 Å². The molecule has 0 atom stereocenters. The summed E-state index contributed by atoms with van der Waals surface area (Å²) in [5, 5.41) is 3.40. The second kappa shape index (κ2) is 10.4. The molecule has 0 aliphatic carbocycles. The minimum Gasteiger partial charge on any atom is -0.491 e. The minimum atomic E-state index is -0.770. The van der Waals surface area contributed by atoms with Gasteiger partial charge in [-0.2, -0.15) is 0 Å². The molecule has 2 aromatic rings. The molecule has 3 rings (SSSR count). The van der Waals surface area contributed by atoms with E-state index in [1.165, 1.54) is 6.07 Å². The summed E-state index contributed by atoms with van der Waals surface area (Å²) in [5.41, 5.74) is 1.55. The smallest absolute Gasteiger partial charge is 0.321 e. The largest absolute Gasteiger partial charge is 0.491 e. The average Bonchev–Trinajstić information content (AvgIpc) is 2.75. The van der Waals surface area contributed by atoms with E-state index in [2.05, 4.69) is 5.32 Å². The summed E-state index contributed by atoms with van der Waals surface area (Å²) >= 11 is 6.09. The van der Waals surface area contributed by atoms with E-state index in [0.717, 1.165) is 17.7 Å². The van der Waals surface area contributed by atoms with Crippen LogP contribution < -0.4 is 10.1 Å². The standard InChI is InChI=1S/C22H24ClF2N3O3/c1-15-4-6-17(14-18(15)23)26-22(30)28-10-8-27(9-11-28)21(29)3-2-12-31-20-7-5-16(24)13-19(20)25/h4-7,13-14H,2-3,8-12H2,1H3,(H,26,30). The first-order chi connectivity index (χ1) is 14.8. The van der Waals surface area contributed by atoms with Crippen molar-refractivity contribution in [3.63, 3.8) is 0 Å². The zero-order valence-corrected chi connectivity index (χ0v) is 17.9. The van der Waals surface area contributed by atoms with E-state index in [-0.39, 0.29) is 30.7 Å². The van der Waals surface area contributed by atoms with E-state index in [1.807, 2.05) is 13.0 Å². The molecule has 3 amide bonds. The normalized spacial score (nSPS) is 13.8. The Balaban J connectivity index is 1.38. The Kier molecular flexibility index (Phi) is 7.68. The second-order valence-electron chi connectivity index (χ2n) is 7.29. The van der Waals surface area contributed by atoms with Gasteiger partial charge >= 0.3 is 6.03 Å². The predicted octanol–water partition coefficient (Wildman–Crippen LogP) is 4.46. The Labute approximate surface area is 184 Å². The molecular formula is C22H24ClF2N3O3. The van der Waals surface area contributed by atoms with Gasteiger partial charge in [-0.1, -0.05) is 17.7 Å². The zero-order valence-electron chi connectivity index (χ0n) is 17.2. The van der Waals surface area contributed by atoms with Crippen molar-refractivity contribution < 1.29 is 23.1 Å². The van der Waals surface area contributed by atoms with Crippen LogP contribution in [0.4, 0.5) is 19.3 Å². The van der Waals surface area contributed by atoms with Crippen LogP contribution in [0, 0.1) is 18.6 Å². The summed E-state index contributed by atoms with van der Waals surface area (Å²) in [5.74, 6) is -1.53. The van der Waals surface area contributed by atoms with E-state index in [9.17, 15) is 18.4 Å².